The monoisotopic (exact) mass is 514 g/mol. The molecule has 1 aliphatic rings. The number of amides is 1. The van der Waals surface area contributed by atoms with Gasteiger partial charge in [-0.25, -0.2) is 23.5 Å². The summed E-state index contributed by atoms with van der Waals surface area (Å²) in [5.41, 5.74) is 1.60. The van der Waals surface area contributed by atoms with E-state index < -0.39 is 31.0 Å². The van der Waals surface area contributed by atoms with Gasteiger partial charge in [0, 0.05) is 30.0 Å². The van der Waals surface area contributed by atoms with E-state index in [9.17, 15) is 18.7 Å². The van der Waals surface area contributed by atoms with Crippen LogP contribution < -0.4 is 19.5 Å². The lowest BCUT2D eigenvalue weighted by Crippen LogP contribution is -2.31. The molecule has 0 saturated carbocycles. The number of carbonyl (C=O) groups is 1. The molecule has 37 heavy (non-hydrogen) atoms. The zero-order valence-corrected chi connectivity index (χ0v) is 20.2. The summed E-state index contributed by atoms with van der Waals surface area (Å²) in [6.07, 6.45) is -2.17. The highest BCUT2D eigenvalue weighted by atomic mass is 19.3. The number of halogens is 2. The van der Waals surface area contributed by atoms with Gasteiger partial charge >= 0.3 is 6.09 Å². The Morgan fingerprint density at radius 3 is 2.62 bits per heavy atom. The number of ether oxygens (including phenoxy) is 3. The van der Waals surface area contributed by atoms with Crippen LogP contribution in [-0.2, 0) is 6.54 Å². The molecule has 0 bridgehead atoms. The Balaban J connectivity index is 1.62. The number of carboxylic acid groups (broad SMARTS) is 1. The van der Waals surface area contributed by atoms with Gasteiger partial charge in [0.25, 0.3) is 5.92 Å². The van der Waals surface area contributed by atoms with Gasteiger partial charge < -0.3 is 24.6 Å². The van der Waals surface area contributed by atoms with E-state index in [1.165, 1.54) is 11.6 Å². The standard InChI is InChI=1S/C24H24F2N6O5/c1-35-14-8-7-13(18(9-14)37-3)11-27-22-28-19-15(5-4-6-17(19)36-2)21-29-20(30-32(21)22)16-10-24(25,26)12-31(16)23(33)34/h4-9,16H,10-12H2,1-3H3,(H,27,28)(H,33,34). The summed E-state index contributed by atoms with van der Waals surface area (Å²) in [4.78, 5) is 21.5. The Bertz CT molecular complexity index is 1490. The van der Waals surface area contributed by atoms with E-state index in [1.807, 2.05) is 6.07 Å². The minimum Gasteiger partial charge on any atom is -0.497 e. The fraction of sp³-hybridized carbons (Fsp3) is 0.333. The van der Waals surface area contributed by atoms with Crippen molar-refractivity contribution in [3.63, 3.8) is 0 Å². The number of methoxy groups -OCH3 is 3. The molecule has 13 heteroatoms. The van der Waals surface area contributed by atoms with Crippen LogP contribution in [0.3, 0.4) is 0 Å². The fourth-order valence-corrected chi connectivity index (χ4v) is 4.46. The summed E-state index contributed by atoms with van der Waals surface area (Å²) in [7, 11) is 4.62. The summed E-state index contributed by atoms with van der Waals surface area (Å²) in [5.74, 6) is -1.26. The molecule has 0 spiro atoms. The number of hydrogen-bond acceptors (Lipinski definition) is 8. The van der Waals surface area contributed by atoms with Crippen LogP contribution in [0.15, 0.2) is 36.4 Å². The molecule has 1 saturated heterocycles. The molecule has 194 valence electrons. The van der Waals surface area contributed by atoms with E-state index in [-0.39, 0.29) is 18.3 Å². The quantitative estimate of drug-likeness (QED) is 0.377. The second kappa shape index (κ2) is 9.22. The van der Waals surface area contributed by atoms with Crippen LogP contribution in [0.4, 0.5) is 19.5 Å². The maximum Gasteiger partial charge on any atom is 0.408 e. The first-order valence-corrected chi connectivity index (χ1v) is 11.3. The van der Waals surface area contributed by atoms with Crippen LogP contribution in [0.1, 0.15) is 23.9 Å². The van der Waals surface area contributed by atoms with Gasteiger partial charge in [0.2, 0.25) is 5.95 Å². The molecule has 2 aromatic carbocycles. The number of para-hydroxylation sites is 1. The van der Waals surface area contributed by atoms with Crippen LogP contribution >= 0.6 is 0 Å². The minimum atomic E-state index is -3.18. The predicted octanol–water partition coefficient (Wildman–Crippen LogP) is 3.98. The second-order valence-electron chi connectivity index (χ2n) is 8.51. The summed E-state index contributed by atoms with van der Waals surface area (Å²) in [6, 6.07) is 9.41. The normalized spacial score (nSPS) is 16.8. The number of rotatable bonds is 7. The van der Waals surface area contributed by atoms with E-state index in [2.05, 4.69) is 20.4 Å². The first kappa shape index (κ1) is 24.3. The number of nitrogens with one attached hydrogen (secondary N) is 1. The molecule has 3 heterocycles. The Morgan fingerprint density at radius 1 is 1.14 bits per heavy atom. The minimum absolute atomic E-state index is 0.0400. The van der Waals surface area contributed by atoms with Gasteiger partial charge in [-0.1, -0.05) is 6.07 Å². The molecule has 0 aliphatic carbocycles. The van der Waals surface area contributed by atoms with Gasteiger partial charge in [-0.15, -0.1) is 5.10 Å². The van der Waals surface area contributed by atoms with Gasteiger partial charge in [-0.3, -0.25) is 4.90 Å². The number of likely N-dealkylation sites (tertiary alicyclic amines) is 1. The van der Waals surface area contributed by atoms with E-state index in [1.54, 1.807) is 44.6 Å². The third kappa shape index (κ3) is 4.36. The van der Waals surface area contributed by atoms with Crippen LogP contribution in [0, 0.1) is 0 Å². The largest absolute Gasteiger partial charge is 0.497 e. The van der Waals surface area contributed by atoms with Crippen molar-refractivity contribution >= 4 is 28.6 Å². The zero-order chi connectivity index (χ0) is 26.3. The lowest BCUT2D eigenvalue weighted by Gasteiger charge is -2.17. The summed E-state index contributed by atoms with van der Waals surface area (Å²) in [6.45, 7) is -0.647. The topological polar surface area (TPSA) is 123 Å². The SMILES string of the molecule is COc1ccc(CNc2nc3c(OC)cccc3c3nc(C4CC(F)(F)CN4C(=O)O)nn23)c(OC)c1. The number of aromatic nitrogens is 4. The van der Waals surface area contributed by atoms with E-state index in [0.717, 1.165) is 5.56 Å². The third-order valence-electron chi connectivity index (χ3n) is 6.25. The number of hydrogen-bond donors (Lipinski definition) is 2. The molecule has 1 fully saturated rings. The van der Waals surface area contributed by atoms with Crippen molar-refractivity contribution in [1.82, 2.24) is 24.5 Å². The summed E-state index contributed by atoms with van der Waals surface area (Å²) in [5, 5.41) is 17.7. The number of anilines is 1. The number of benzene rings is 2. The molecule has 4 aromatic rings. The molecule has 5 rings (SSSR count). The van der Waals surface area contributed by atoms with Gasteiger partial charge in [0.15, 0.2) is 11.5 Å². The summed E-state index contributed by atoms with van der Waals surface area (Å²) < 4.78 is 45.9. The molecule has 1 amide bonds. The highest BCUT2D eigenvalue weighted by Crippen LogP contribution is 2.40. The van der Waals surface area contributed by atoms with Gasteiger partial charge in [0.1, 0.15) is 28.8 Å². The van der Waals surface area contributed by atoms with E-state index in [4.69, 9.17) is 14.2 Å². The molecule has 1 unspecified atom stereocenters. The Hall–Kier alpha value is -4.42. The average Bonchev–Trinajstić information content (AvgIpc) is 3.48. The van der Waals surface area contributed by atoms with Crippen molar-refractivity contribution in [3.8, 4) is 17.2 Å². The van der Waals surface area contributed by atoms with Crippen LogP contribution in [-0.4, -0.2) is 69.5 Å². The Labute approximate surface area is 209 Å². The number of alkyl halides is 2. The van der Waals surface area contributed by atoms with Crippen molar-refractivity contribution < 1.29 is 32.9 Å². The first-order valence-electron chi connectivity index (χ1n) is 11.3. The van der Waals surface area contributed by atoms with Crippen LogP contribution in [0.5, 0.6) is 17.2 Å². The predicted molar refractivity (Wildman–Crippen MR) is 129 cm³/mol. The van der Waals surface area contributed by atoms with Crippen molar-refractivity contribution in [3.05, 3.63) is 47.8 Å². The van der Waals surface area contributed by atoms with Gasteiger partial charge in [-0.05, 0) is 24.3 Å². The molecular formula is C24H24F2N6O5. The number of nitrogens with zero attached hydrogens (tertiary/aromatic N) is 5. The summed E-state index contributed by atoms with van der Waals surface area (Å²) >= 11 is 0. The van der Waals surface area contributed by atoms with Crippen molar-refractivity contribution in [1.29, 1.82) is 0 Å². The van der Waals surface area contributed by atoms with Gasteiger partial charge in [0.05, 0.1) is 27.9 Å². The van der Waals surface area contributed by atoms with Crippen molar-refractivity contribution in [2.75, 3.05) is 33.2 Å². The van der Waals surface area contributed by atoms with Gasteiger partial charge in [-0.2, -0.15) is 4.52 Å². The van der Waals surface area contributed by atoms with E-state index in [0.29, 0.717) is 38.7 Å². The first-order chi connectivity index (χ1) is 17.7. The van der Waals surface area contributed by atoms with Crippen molar-refractivity contribution in [2.24, 2.45) is 0 Å². The van der Waals surface area contributed by atoms with Crippen LogP contribution in [0.2, 0.25) is 0 Å². The fourth-order valence-electron chi connectivity index (χ4n) is 4.46. The average molecular weight is 514 g/mol. The van der Waals surface area contributed by atoms with E-state index >= 15 is 0 Å². The maximum absolute atomic E-state index is 14.2. The second-order valence-corrected chi connectivity index (χ2v) is 8.51. The molecule has 0 radical (unpaired) electrons. The molecule has 2 N–H and O–H groups in total. The smallest absolute Gasteiger partial charge is 0.408 e. The lowest BCUT2D eigenvalue weighted by atomic mass is 10.2. The van der Waals surface area contributed by atoms with Crippen molar-refractivity contribution in [2.45, 2.75) is 24.9 Å². The molecule has 2 aromatic heterocycles. The third-order valence-corrected chi connectivity index (χ3v) is 6.25. The molecular weight excluding hydrogens is 490 g/mol. The number of fused-ring (bicyclic) bond motifs is 3. The maximum atomic E-state index is 14.2. The molecule has 1 atom stereocenters. The molecule has 11 nitrogen and oxygen atoms in total. The highest BCUT2D eigenvalue weighted by molar-refractivity contribution is 5.96. The zero-order valence-electron chi connectivity index (χ0n) is 20.2. The van der Waals surface area contributed by atoms with Crippen LogP contribution in [0.25, 0.3) is 16.6 Å². The lowest BCUT2D eigenvalue weighted by molar-refractivity contribution is 0.0126. The Kier molecular flexibility index (Phi) is 6.05. The highest BCUT2D eigenvalue weighted by Gasteiger charge is 2.49. The Morgan fingerprint density at radius 2 is 1.92 bits per heavy atom. The molecule has 1 aliphatic heterocycles.